The fourth-order valence-corrected chi connectivity index (χ4v) is 4.93. The van der Waals surface area contributed by atoms with Crippen molar-refractivity contribution in [3.63, 3.8) is 0 Å². The van der Waals surface area contributed by atoms with Crippen molar-refractivity contribution in [2.75, 3.05) is 44.3 Å². The molecule has 1 saturated heterocycles. The second kappa shape index (κ2) is 9.71. The van der Waals surface area contributed by atoms with Crippen LogP contribution in [0.5, 0.6) is 0 Å². The third kappa shape index (κ3) is 6.54. The van der Waals surface area contributed by atoms with E-state index < -0.39 is 35.1 Å². The van der Waals surface area contributed by atoms with E-state index in [0.717, 1.165) is 46.7 Å². The third-order valence-corrected chi connectivity index (χ3v) is 6.91. The Morgan fingerprint density at radius 1 is 1.19 bits per heavy atom. The van der Waals surface area contributed by atoms with Crippen LogP contribution in [0.15, 0.2) is 18.2 Å². The van der Waals surface area contributed by atoms with Gasteiger partial charge < -0.3 is 14.8 Å². The molecule has 1 aliphatic heterocycles. The van der Waals surface area contributed by atoms with Gasteiger partial charge in [-0.05, 0) is 61.5 Å². The highest BCUT2D eigenvalue weighted by atomic mass is 32.3. The van der Waals surface area contributed by atoms with Gasteiger partial charge >= 0.3 is 6.03 Å². The summed E-state index contributed by atoms with van der Waals surface area (Å²) in [5.74, 6) is -0.882. The van der Waals surface area contributed by atoms with Crippen molar-refractivity contribution in [2.24, 2.45) is 0 Å². The number of alkyl halides is 3. The second-order valence-electron chi connectivity index (χ2n) is 9.17. The maximum absolute atomic E-state index is 13.7. The van der Waals surface area contributed by atoms with Crippen LogP contribution in [0.4, 0.5) is 18.0 Å². The first-order valence-electron chi connectivity index (χ1n) is 10.7. The Kier molecular flexibility index (Phi) is 7.44. The molecular weight excluding hydrogens is 425 g/mol. The summed E-state index contributed by atoms with van der Waals surface area (Å²) in [6.45, 7) is -0.704. The first kappa shape index (κ1) is 23.8. The van der Waals surface area contributed by atoms with Crippen molar-refractivity contribution in [1.29, 1.82) is 0 Å². The van der Waals surface area contributed by atoms with Crippen molar-refractivity contribution in [1.82, 2.24) is 19.8 Å². The molecule has 1 aromatic carbocycles. The van der Waals surface area contributed by atoms with Gasteiger partial charge in [0.2, 0.25) is 0 Å². The lowest BCUT2D eigenvalue weighted by Crippen LogP contribution is -2.56. The van der Waals surface area contributed by atoms with Crippen LogP contribution in [0.2, 0.25) is 0 Å². The molecule has 0 unspecified atom stereocenters. The number of hydrogen-bond donors (Lipinski definition) is 1. The van der Waals surface area contributed by atoms with Crippen LogP contribution in [0.25, 0.3) is 11.0 Å². The minimum atomic E-state index is -2.94. The molecule has 0 radical (unpaired) electrons. The van der Waals surface area contributed by atoms with Crippen molar-refractivity contribution < 1.29 is 18.0 Å². The SMILES string of the molecule is CS(C)(C)CCCCn1c(CCCF)nc2ccc(CN3CC(F)(F)CNC3=O)cc21. The van der Waals surface area contributed by atoms with Crippen LogP contribution in [-0.4, -0.2) is 70.7 Å². The maximum atomic E-state index is 13.7. The van der Waals surface area contributed by atoms with Gasteiger partial charge in [-0.2, -0.15) is 0 Å². The predicted octanol–water partition coefficient (Wildman–Crippen LogP) is 4.57. The Morgan fingerprint density at radius 3 is 2.68 bits per heavy atom. The third-order valence-electron chi connectivity index (χ3n) is 5.40. The minimum absolute atomic E-state index is 0.107. The lowest BCUT2D eigenvalue weighted by atomic mass is 10.1. The summed E-state index contributed by atoms with van der Waals surface area (Å²) < 4.78 is 42.4. The number of unbranched alkanes of at least 4 members (excludes halogenated alkanes) is 1. The monoisotopic (exact) mass is 458 g/mol. The molecule has 3 rings (SSSR count). The van der Waals surface area contributed by atoms with Crippen molar-refractivity contribution in [3.05, 3.63) is 29.6 Å². The van der Waals surface area contributed by atoms with Gasteiger partial charge in [0.1, 0.15) is 5.82 Å². The van der Waals surface area contributed by atoms with Crippen LogP contribution in [0, 0.1) is 0 Å². The lowest BCUT2D eigenvalue weighted by molar-refractivity contribution is -0.0367. The molecule has 9 heteroatoms. The number of carbonyl (C=O) groups is 1. The quantitative estimate of drug-likeness (QED) is 0.530. The molecule has 0 spiro atoms. The van der Waals surface area contributed by atoms with E-state index in [1.807, 2.05) is 18.2 Å². The largest absolute Gasteiger partial charge is 0.332 e. The van der Waals surface area contributed by atoms with Crippen LogP contribution in [-0.2, 0) is 19.5 Å². The first-order chi connectivity index (χ1) is 14.6. The highest BCUT2D eigenvalue weighted by Crippen LogP contribution is 2.35. The molecule has 5 nitrogen and oxygen atoms in total. The number of benzene rings is 1. The first-order valence-corrected chi connectivity index (χ1v) is 13.7. The maximum Gasteiger partial charge on any atom is 0.318 e. The summed E-state index contributed by atoms with van der Waals surface area (Å²) in [5, 5.41) is 2.25. The predicted molar refractivity (Wildman–Crippen MR) is 122 cm³/mol. The molecule has 0 bridgehead atoms. The molecule has 1 aromatic heterocycles. The molecule has 0 atom stereocenters. The molecule has 2 amide bonds. The fourth-order valence-electron chi connectivity index (χ4n) is 3.86. The van der Waals surface area contributed by atoms with Gasteiger partial charge in [0, 0.05) is 19.5 Å². The number of fused-ring (bicyclic) bond motifs is 1. The van der Waals surface area contributed by atoms with Gasteiger partial charge in [-0.3, -0.25) is 4.39 Å². The fraction of sp³-hybridized carbons (Fsp3) is 0.636. The summed E-state index contributed by atoms with van der Waals surface area (Å²) in [5.41, 5.74) is 2.50. The number of nitrogens with one attached hydrogen (secondary N) is 1. The molecule has 174 valence electrons. The van der Waals surface area contributed by atoms with Crippen molar-refractivity contribution in [3.8, 4) is 0 Å². The molecule has 2 aromatic rings. The van der Waals surface area contributed by atoms with Crippen LogP contribution in [0.1, 0.15) is 30.7 Å². The Balaban J connectivity index is 1.81. The van der Waals surface area contributed by atoms with E-state index in [4.69, 9.17) is 4.98 Å². The van der Waals surface area contributed by atoms with Crippen molar-refractivity contribution in [2.45, 2.75) is 44.7 Å². The highest BCUT2D eigenvalue weighted by molar-refractivity contribution is 8.32. The number of nitrogens with zero attached hydrogens (tertiary/aromatic N) is 3. The lowest BCUT2D eigenvalue weighted by Gasteiger charge is -2.33. The average Bonchev–Trinajstić information content (AvgIpc) is 3.02. The number of amides is 2. The number of aryl methyl sites for hydroxylation is 2. The number of carbonyl (C=O) groups excluding carboxylic acids is 1. The highest BCUT2D eigenvalue weighted by Gasteiger charge is 2.38. The molecular formula is C22H33F3N4OS. The summed E-state index contributed by atoms with van der Waals surface area (Å²) in [7, 11) is -0.549. The number of rotatable bonds is 10. The summed E-state index contributed by atoms with van der Waals surface area (Å²) in [6, 6.07) is 5.13. The van der Waals surface area contributed by atoms with Gasteiger partial charge in [-0.25, -0.2) is 28.6 Å². The molecule has 1 N–H and O–H groups in total. The van der Waals surface area contributed by atoms with E-state index in [1.165, 1.54) is 5.75 Å². The van der Waals surface area contributed by atoms with Gasteiger partial charge in [0.05, 0.1) is 30.8 Å². The van der Waals surface area contributed by atoms with Crippen LogP contribution < -0.4 is 5.32 Å². The Hall–Kier alpha value is -1.90. The molecule has 0 aliphatic carbocycles. The molecule has 0 saturated carbocycles. The standard InChI is InChI=1S/C22H33F3N4OS/c1-31(2,3)12-5-4-11-29-19-13-17(8-9-18(19)27-20(29)7-6-10-23)14-28-16-22(24,25)15-26-21(28)30/h8-9,13H,4-7,10-12,14-16H2,1-3H3,(H,26,30). The van der Waals surface area contributed by atoms with E-state index >= 15 is 0 Å². The van der Waals surface area contributed by atoms with Gasteiger partial charge in [0.25, 0.3) is 5.92 Å². The topological polar surface area (TPSA) is 50.2 Å². The van der Waals surface area contributed by atoms with Crippen LogP contribution in [0.3, 0.4) is 0 Å². The zero-order chi connectivity index (χ0) is 22.6. The smallest absolute Gasteiger partial charge is 0.318 e. The summed E-state index contributed by atoms with van der Waals surface area (Å²) in [4.78, 5) is 17.9. The Morgan fingerprint density at radius 2 is 1.97 bits per heavy atom. The van der Waals surface area contributed by atoms with Gasteiger partial charge in [0.15, 0.2) is 0 Å². The normalized spacial score (nSPS) is 17.2. The minimum Gasteiger partial charge on any atom is -0.332 e. The summed E-state index contributed by atoms with van der Waals surface area (Å²) in [6.07, 6.45) is 10.0. The Bertz CT molecular complexity index is 910. The van der Waals surface area contributed by atoms with Gasteiger partial charge in [-0.15, -0.1) is 0 Å². The number of halogens is 3. The number of hydrogen-bond acceptors (Lipinski definition) is 2. The van der Waals surface area contributed by atoms with E-state index in [9.17, 15) is 18.0 Å². The van der Waals surface area contributed by atoms with Gasteiger partial charge in [-0.1, -0.05) is 6.07 Å². The Labute approximate surface area is 183 Å². The summed E-state index contributed by atoms with van der Waals surface area (Å²) >= 11 is 0. The molecule has 1 fully saturated rings. The zero-order valence-electron chi connectivity index (χ0n) is 18.6. The number of urea groups is 1. The molecule has 1 aliphatic rings. The van der Waals surface area contributed by atoms with E-state index in [-0.39, 0.29) is 13.2 Å². The van der Waals surface area contributed by atoms with E-state index in [1.54, 1.807) is 0 Å². The zero-order valence-corrected chi connectivity index (χ0v) is 19.4. The number of aromatic nitrogens is 2. The van der Waals surface area contributed by atoms with E-state index in [0.29, 0.717) is 12.8 Å². The van der Waals surface area contributed by atoms with Crippen molar-refractivity contribution >= 4 is 27.1 Å². The average molecular weight is 459 g/mol. The van der Waals surface area contributed by atoms with Crippen LogP contribution >= 0.6 is 10.0 Å². The van der Waals surface area contributed by atoms with E-state index in [2.05, 4.69) is 28.7 Å². The molecule has 31 heavy (non-hydrogen) atoms. The number of imidazole rings is 1. The molecule has 2 heterocycles. The second-order valence-corrected chi connectivity index (χ2v) is 13.8.